The van der Waals surface area contributed by atoms with E-state index in [4.69, 9.17) is 0 Å². The van der Waals surface area contributed by atoms with Gasteiger partial charge in [-0.05, 0) is 22.6 Å². The summed E-state index contributed by atoms with van der Waals surface area (Å²) in [5.41, 5.74) is 2.23. The highest BCUT2D eigenvalue weighted by Gasteiger charge is 2.05. The molecule has 0 atom stereocenters. The van der Waals surface area contributed by atoms with E-state index in [1.165, 1.54) is 9.13 Å². The van der Waals surface area contributed by atoms with Crippen molar-refractivity contribution in [2.45, 2.75) is 0 Å². The molecule has 0 saturated heterocycles. The molecule has 3 heteroatoms. The average Bonchev–Trinajstić information content (AvgIpc) is 2.47. The molecule has 0 amide bonds. The van der Waals surface area contributed by atoms with E-state index in [1.807, 2.05) is 36.1 Å². The van der Waals surface area contributed by atoms with Gasteiger partial charge in [0.15, 0.2) is 0 Å². The summed E-state index contributed by atoms with van der Waals surface area (Å²) in [6.45, 7) is 0. The van der Waals surface area contributed by atoms with Gasteiger partial charge in [0, 0.05) is 18.8 Å². The van der Waals surface area contributed by atoms with Gasteiger partial charge < -0.3 is 0 Å². The molecule has 0 spiro atoms. The predicted molar refractivity (Wildman–Crippen MR) is 61.4 cm³/mol. The molecule has 2 nitrogen and oxygen atoms in total. The van der Waals surface area contributed by atoms with Crippen LogP contribution in [0, 0.1) is 3.57 Å². The molecule has 0 unspecified atom stereocenters. The molecule has 0 N–H and O–H groups in total. The van der Waals surface area contributed by atoms with E-state index in [0.717, 1.165) is 5.69 Å². The summed E-state index contributed by atoms with van der Waals surface area (Å²) in [5.74, 6) is 0. The van der Waals surface area contributed by atoms with Gasteiger partial charge in [-0.25, -0.2) is 0 Å². The van der Waals surface area contributed by atoms with Gasteiger partial charge in [0.05, 0.1) is 3.57 Å². The summed E-state index contributed by atoms with van der Waals surface area (Å²) < 4.78 is 3.02. The fourth-order valence-electron chi connectivity index (χ4n) is 1.25. The van der Waals surface area contributed by atoms with Gasteiger partial charge in [-0.15, -0.1) is 0 Å². The van der Waals surface area contributed by atoms with Gasteiger partial charge >= 0.3 is 0 Å². The average molecular weight is 284 g/mol. The molecule has 0 aliphatic heterocycles. The minimum Gasteiger partial charge on any atom is -0.274 e. The van der Waals surface area contributed by atoms with Gasteiger partial charge in [-0.1, -0.05) is 30.3 Å². The molecule has 2 rings (SSSR count). The predicted octanol–water partition coefficient (Wildman–Crippen LogP) is 2.69. The van der Waals surface area contributed by atoms with Crippen molar-refractivity contribution in [1.82, 2.24) is 9.78 Å². The molecule has 1 aromatic heterocycles. The maximum atomic E-state index is 4.39. The highest BCUT2D eigenvalue weighted by molar-refractivity contribution is 14.1. The molecule has 66 valence electrons. The lowest BCUT2D eigenvalue weighted by molar-refractivity contribution is 0.770. The van der Waals surface area contributed by atoms with Crippen LogP contribution in [-0.2, 0) is 7.05 Å². The Morgan fingerprint density at radius 2 is 1.92 bits per heavy atom. The van der Waals surface area contributed by atoms with Crippen molar-refractivity contribution in [3.63, 3.8) is 0 Å². The zero-order chi connectivity index (χ0) is 9.26. The van der Waals surface area contributed by atoms with Crippen molar-refractivity contribution in [3.8, 4) is 11.3 Å². The van der Waals surface area contributed by atoms with Crippen molar-refractivity contribution < 1.29 is 0 Å². The quantitative estimate of drug-likeness (QED) is 0.736. The Morgan fingerprint density at radius 1 is 1.23 bits per heavy atom. The van der Waals surface area contributed by atoms with Crippen molar-refractivity contribution in [1.29, 1.82) is 0 Å². The molecular formula is C10H9IN2. The number of hydrogen-bond donors (Lipinski definition) is 0. The first-order chi connectivity index (χ1) is 6.27. The van der Waals surface area contributed by atoms with E-state index >= 15 is 0 Å². The summed E-state index contributed by atoms with van der Waals surface area (Å²) in [5, 5.41) is 4.39. The van der Waals surface area contributed by atoms with Gasteiger partial charge in [0.2, 0.25) is 0 Å². The van der Waals surface area contributed by atoms with E-state index in [2.05, 4.69) is 39.8 Å². The van der Waals surface area contributed by atoms with E-state index < -0.39 is 0 Å². The lowest BCUT2D eigenvalue weighted by Crippen LogP contribution is -1.87. The second-order valence-corrected chi connectivity index (χ2v) is 4.03. The Bertz CT molecular complexity index is 406. The van der Waals surface area contributed by atoms with Crippen LogP contribution in [0.2, 0.25) is 0 Å². The Labute approximate surface area is 90.7 Å². The smallest absolute Gasteiger partial charge is 0.106 e. The zero-order valence-corrected chi connectivity index (χ0v) is 9.39. The highest BCUT2D eigenvalue weighted by Crippen LogP contribution is 2.22. The third kappa shape index (κ3) is 1.75. The number of benzene rings is 1. The molecule has 2 aromatic rings. The molecule has 0 saturated carbocycles. The van der Waals surface area contributed by atoms with E-state index in [9.17, 15) is 0 Å². The first kappa shape index (κ1) is 8.74. The summed E-state index contributed by atoms with van der Waals surface area (Å²) in [4.78, 5) is 0. The number of rotatable bonds is 1. The second kappa shape index (κ2) is 3.49. The molecule has 0 bridgehead atoms. The summed E-state index contributed by atoms with van der Waals surface area (Å²) >= 11 is 2.30. The lowest BCUT2D eigenvalue weighted by Gasteiger charge is -1.95. The lowest BCUT2D eigenvalue weighted by atomic mass is 10.2. The second-order valence-electron chi connectivity index (χ2n) is 2.87. The first-order valence-electron chi connectivity index (χ1n) is 4.02. The maximum absolute atomic E-state index is 4.39. The van der Waals surface area contributed by atoms with Crippen LogP contribution < -0.4 is 0 Å². The summed E-state index contributed by atoms with van der Waals surface area (Å²) in [6.07, 6.45) is 2.02. The van der Waals surface area contributed by atoms with Crippen molar-refractivity contribution in [3.05, 3.63) is 40.1 Å². The number of nitrogens with zero attached hydrogens (tertiary/aromatic N) is 2. The largest absolute Gasteiger partial charge is 0.274 e. The van der Waals surface area contributed by atoms with Gasteiger partial charge in [-0.3, -0.25) is 4.68 Å². The van der Waals surface area contributed by atoms with E-state index in [-0.39, 0.29) is 0 Å². The standard InChI is InChI=1S/C10H9IN2/c1-13-7-9(11)10(12-13)8-5-3-2-4-6-8/h2-7H,1H3. The maximum Gasteiger partial charge on any atom is 0.106 e. The van der Waals surface area contributed by atoms with Crippen LogP contribution in [0.4, 0.5) is 0 Å². The molecule has 0 aliphatic rings. The fraction of sp³-hybridized carbons (Fsp3) is 0.100. The van der Waals surface area contributed by atoms with Crippen LogP contribution in [0.15, 0.2) is 36.5 Å². The molecule has 13 heavy (non-hydrogen) atoms. The fourth-order valence-corrected chi connectivity index (χ4v) is 2.07. The van der Waals surface area contributed by atoms with Gasteiger partial charge in [0.1, 0.15) is 5.69 Å². The minimum atomic E-state index is 1.06. The summed E-state index contributed by atoms with van der Waals surface area (Å²) in [6, 6.07) is 10.2. The minimum absolute atomic E-state index is 1.06. The monoisotopic (exact) mass is 284 g/mol. The van der Waals surface area contributed by atoms with Crippen LogP contribution in [-0.4, -0.2) is 9.78 Å². The first-order valence-corrected chi connectivity index (χ1v) is 5.10. The molecule has 0 aliphatic carbocycles. The van der Waals surface area contributed by atoms with Crippen molar-refractivity contribution >= 4 is 22.6 Å². The van der Waals surface area contributed by atoms with Crippen molar-refractivity contribution in [2.24, 2.45) is 7.05 Å². The Morgan fingerprint density at radius 3 is 2.46 bits per heavy atom. The van der Waals surface area contributed by atoms with Gasteiger partial charge in [0.25, 0.3) is 0 Å². The Balaban J connectivity index is 2.53. The molecule has 0 fully saturated rings. The third-order valence-electron chi connectivity index (χ3n) is 1.83. The molecule has 0 radical (unpaired) electrons. The topological polar surface area (TPSA) is 17.8 Å². The number of aromatic nitrogens is 2. The molecule has 1 aromatic carbocycles. The normalized spacial score (nSPS) is 10.3. The number of hydrogen-bond acceptors (Lipinski definition) is 1. The van der Waals surface area contributed by atoms with Crippen LogP contribution in [0.5, 0.6) is 0 Å². The third-order valence-corrected chi connectivity index (χ3v) is 2.62. The number of halogens is 1. The Kier molecular flexibility index (Phi) is 2.35. The summed E-state index contributed by atoms with van der Waals surface area (Å²) in [7, 11) is 1.94. The van der Waals surface area contributed by atoms with Crippen LogP contribution in [0.3, 0.4) is 0 Å². The van der Waals surface area contributed by atoms with Crippen LogP contribution >= 0.6 is 22.6 Å². The SMILES string of the molecule is Cn1cc(I)c(-c2ccccc2)n1. The zero-order valence-electron chi connectivity index (χ0n) is 7.24. The van der Waals surface area contributed by atoms with Crippen LogP contribution in [0.1, 0.15) is 0 Å². The highest BCUT2D eigenvalue weighted by atomic mass is 127. The molecule has 1 heterocycles. The van der Waals surface area contributed by atoms with Crippen molar-refractivity contribution in [2.75, 3.05) is 0 Å². The van der Waals surface area contributed by atoms with E-state index in [1.54, 1.807) is 0 Å². The van der Waals surface area contributed by atoms with Gasteiger partial charge in [-0.2, -0.15) is 5.10 Å². The number of aryl methyl sites for hydroxylation is 1. The molecular weight excluding hydrogens is 275 g/mol. The Hall–Kier alpha value is -0.840. The van der Waals surface area contributed by atoms with Crippen LogP contribution in [0.25, 0.3) is 11.3 Å². The van der Waals surface area contributed by atoms with E-state index in [0.29, 0.717) is 0 Å².